The first-order valence-corrected chi connectivity index (χ1v) is 7.81. The van der Waals surface area contributed by atoms with Crippen LogP contribution in [0.15, 0.2) is 0 Å². The third kappa shape index (κ3) is 3.91. The van der Waals surface area contributed by atoms with Gasteiger partial charge in [-0.2, -0.15) is 0 Å². The van der Waals surface area contributed by atoms with Gasteiger partial charge in [-0.15, -0.1) is 0 Å². The Labute approximate surface area is 117 Å². The average molecular weight is 270 g/mol. The standard InChI is InChI=1S/C15H30N2O2/c1-4-7-16-15(3,11-18)8-12(2)17-9-13-5-6-14(10-17)19-13/h12-14,16,18H,4-11H2,1-3H3. The number of likely N-dealkylation sites (tertiary alicyclic amines) is 1. The smallest absolute Gasteiger partial charge is 0.0707 e. The molecule has 0 aromatic carbocycles. The molecule has 0 aromatic rings. The quantitative estimate of drug-likeness (QED) is 0.733. The molecule has 4 heteroatoms. The molecule has 4 unspecified atom stereocenters. The number of aliphatic hydroxyl groups excluding tert-OH is 1. The Kier molecular flexibility index (Phi) is 5.23. The third-order valence-electron chi connectivity index (χ3n) is 4.59. The van der Waals surface area contributed by atoms with E-state index in [0.29, 0.717) is 18.2 Å². The highest BCUT2D eigenvalue weighted by Crippen LogP contribution is 2.29. The van der Waals surface area contributed by atoms with Crippen molar-refractivity contribution in [2.75, 3.05) is 26.2 Å². The monoisotopic (exact) mass is 270 g/mol. The Balaban J connectivity index is 1.86. The van der Waals surface area contributed by atoms with Crippen LogP contribution in [-0.4, -0.2) is 60.0 Å². The lowest BCUT2D eigenvalue weighted by Crippen LogP contribution is -2.53. The van der Waals surface area contributed by atoms with E-state index in [1.807, 2.05) is 0 Å². The van der Waals surface area contributed by atoms with E-state index in [9.17, 15) is 5.11 Å². The summed E-state index contributed by atoms with van der Waals surface area (Å²) in [5.41, 5.74) is -0.160. The van der Waals surface area contributed by atoms with E-state index in [4.69, 9.17) is 4.74 Å². The highest BCUT2D eigenvalue weighted by Gasteiger charge is 2.37. The molecular weight excluding hydrogens is 240 g/mol. The number of ether oxygens (including phenoxy) is 1. The maximum Gasteiger partial charge on any atom is 0.0707 e. The van der Waals surface area contributed by atoms with Crippen LogP contribution < -0.4 is 5.32 Å². The minimum atomic E-state index is -0.160. The van der Waals surface area contributed by atoms with E-state index in [1.165, 1.54) is 12.8 Å². The summed E-state index contributed by atoms with van der Waals surface area (Å²) in [6.07, 6.45) is 5.43. The van der Waals surface area contributed by atoms with Crippen molar-refractivity contribution < 1.29 is 9.84 Å². The summed E-state index contributed by atoms with van der Waals surface area (Å²) in [5, 5.41) is 13.2. The average Bonchev–Trinajstić information content (AvgIpc) is 2.75. The summed E-state index contributed by atoms with van der Waals surface area (Å²) in [6.45, 7) is 9.88. The van der Waals surface area contributed by atoms with Gasteiger partial charge in [0.1, 0.15) is 0 Å². The predicted molar refractivity (Wildman–Crippen MR) is 77.3 cm³/mol. The van der Waals surface area contributed by atoms with Crippen molar-refractivity contribution in [1.82, 2.24) is 10.2 Å². The van der Waals surface area contributed by atoms with Crippen LogP contribution >= 0.6 is 0 Å². The van der Waals surface area contributed by atoms with E-state index >= 15 is 0 Å². The van der Waals surface area contributed by atoms with Crippen molar-refractivity contribution in [3.63, 3.8) is 0 Å². The van der Waals surface area contributed by atoms with Gasteiger partial charge >= 0.3 is 0 Å². The molecule has 0 radical (unpaired) electrons. The van der Waals surface area contributed by atoms with Crippen molar-refractivity contribution in [2.24, 2.45) is 0 Å². The molecule has 2 rings (SSSR count). The highest BCUT2D eigenvalue weighted by molar-refractivity contribution is 4.91. The molecule has 0 saturated carbocycles. The third-order valence-corrected chi connectivity index (χ3v) is 4.59. The van der Waals surface area contributed by atoms with Gasteiger partial charge in [0.25, 0.3) is 0 Å². The van der Waals surface area contributed by atoms with E-state index in [0.717, 1.165) is 32.5 Å². The van der Waals surface area contributed by atoms with Crippen molar-refractivity contribution in [1.29, 1.82) is 0 Å². The summed E-state index contributed by atoms with van der Waals surface area (Å²) in [7, 11) is 0. The zero-order valence-corrected chi connectivity index (χ0v) is 12.7. The fourth-order valence-electron chi connectivity index (χ4n) is 3.41. The highest BCUT2D eigenvalue weighted by atomic mass is 16.5. The fraction of sp³-hybridized carbons (Fsp3) is 1.00. The van der Waals surface area contributed by atoms with Gasteiger partial charge in [0, 0.05) is 24.7 Å². The minimum Gasteiger partial charge on any atom is -0.394 e. The lowest BCUT2D eigenvalue weighted by atomic mass is 9.93. The van der Waals surface area contributed by atoms with E-state index in [-0.39, 0.29) is 12.1 Å². The molecule has 2 bridgehead atoms. The van der Waals surface area contributed by atoms with Gasteiger partial charge in [0.2, 0.25) is 0 Å². The second-order valence-electron chi connectivity index (χ2n) is 6.61. The first-order valence-electron chi connectivity index (χ1n) is 7.81. The van der Waals surface area contributed by atoms with Crippen LogP contribution in [-0.2, 0) is 4.74 Å². The summed E-state index contributed by atoms with van der Waals surface area (Å²) in [6, 6.07) is 0.494. The van der Waals surface area contributed by atoms with Crippen LogP contribution in [0.1, 0.15) is 46.5 Å². The number of morpholine rings is 1. The Morgan fingerprint density at radius 1 is 1.37 bits per heavy atom. The number of fused-ring (bicyclic) bond motifs is 2. The molecule has 19 heavy (non-hydrogen) atoms. The van der Waals surface area contributed by atoms with Gasteiger partial charge < -0.3 is 15.2 Å². The van der Waals surface area contributed by atoms with Crippen LogP contribution in [0.25, 0.3) is 0 Å². The van der Waals surface area contributed by atoms with Crippen molar-refractivity contribution in [3.8, 4) is 0 Å². The number of rotatable bonds is 7. The maximum absolute atomic E-state index is 9.67. The Morgan fingerprint density at radius 3 is 2.53 bits per heavy atom. The number of nitrogens with one attached hydrogen (secondary N) is 1. The Morgan fingerprint density at radius 2 is 2.00 bits per heavy atom. The largest absolute Gasteiger partial charge is 0.394 e. The van der Waals surface area contributed by atoms with Gasteiger partial charge in [-0.05, 0) is 46.1 Å². The maximum atomic E-state index is 9.67. The number of aliphatic hydroxyl groups is 1. The van der Waals surface area contributed by atoms with Crippen LogP contribution in [0.5, 0.6) is 0 Å². The molecule has 0 aliphatic carbocycles. The number of hydrogen-bond donors (Lipinski definition) is 2. The molecule has 0 spiro atoms. The van der Waals surface area contributed by atoms with Gasteiger partial charge in [-0.3, -0.25) is 4.90 Å². The van der Waals surface area contributed by atoms with Crippen LogP contribution in [0.3, 0.4) is 0 Å². The SMILES string of the molecule is CCCNC(C)(CO)CC(C)N1CC2CCC(C1)O2. The normalized spacial score (nSPS) is 32.2. The van der Waals surface area contributed by atoms with E-state index in [1.54, 1.807) is 0 Å². The minimum absolute atomic E-state index is 0.160. The molecular formula is C15H30N2O2. The Hall–Kier alpha value is -0.160. The first kappa shape index (κ1) is 15.2. The van der Waals surface area contributed by atoms with Crippen molar-refractivity contribution >= 4 is 0 Å². The van der Waals surface area contributed by atoms with E-state index in [2.05, 4.69) is 31.0 Å². The molecule has 4 nitrogen and oxygen atoms in total. The summed E-state index contributed by atoms with van der Waals surface area (Å²) >= 11 is 0. The van der Waals surface area contributed by atoms with Crippen LogP contribution in [0, 0.1) is 0 Å². The fourth-order valence-corrected chi connectivity index (χ4v) is 3.41. The van der Waals surface area contributed by atoms with Crippen LogP contribution in [0.4, 0.5) is 0 Å². The Bertz CT molecular complexity index is 275. The second kappa shape index (κ2) is 6.53. The van der Waals surface area contributed by atoms with Gasteiger partial charge in [-0.25, -0.2) is 0 Å². The summed E-state index contributed by atoms with van der Waals surface area (Å²) in [5.74, 6) is 0. The molecule has 2 fully saturated rings. The molecule has 2 aliphatic heterocycles. The lowest BCUT2D eigenvalue weighted by Gasteiger charge is -2.40. The summed E-state index contributed by atoms with van der Waals surface area (Å²) in [4.78, 5) is 2.55. The molecule has 0 amide bonds. The molecule has 2 aliphatic rings. The van der Waals surface area contributed by atoms with Gasteiger partial charge in [0.15, 0.2) is 0 Å². The zero-order valence-electron chi connectivity index (χ0n) is 12.7. The molecule has 0 aromatic heterocycles. The van der Waals surface area contributed by atoms with Crippen molar-refractivity contribution in [3.05, 3.63) is 0 Å². The molecule has 2 heterocycles. The van der Waals surface area contributed by atoms with Gasteiger partial charge in [0.05, 0.1) is 18.8 Å². The van der Waals surface area contributed by atoms with E-state index < -0.39 is 0 Å². The van der Waals surface area contributed by atoms with Gasteiger partial charge in [-0.1, -0.05) is 6.92 Å². The van der Waals surface area contributed by atoms with Crippen molar-refractivity contribution in [2.45, 2.75) is 70.2 Å². The lowest BCUT2D eigenvalue weighted by molar-refractivity contribution is -0.0553. The molecule has 112 valence electrons. The molecule has 2 N–H and O–H groups in total. The van der Waals surface area contributed by atoms with Crippen LogP contribution in [0.2, 0.25) is 0 Å². The number of nitrogens with zero attached hydrogens (tertiary/aromatic N) is 1. The molecule has 4 atom stereocenters. The number of hydrogen-bond acceptors (Lipinski definition) is 4. The second-order valence-corrected chi connectivity index (χ2v) is 6.61. The topological polar surface area (TPSA) is 44.7 Å². The molecule has 2 saturated heterocycles. The zero-order chi connectivity index (χ0) is 13.9. The predicted octanol–water partition coefficient (Wildman–Crippen LogP) is 1.38. The summed E-state index contributed by atoms with van der Waals surface area (Å²) < 4.78 is 5.89. The first-order chi connectivity index (χ1) is 9.06.